The molecule has 1 aromatic heterocycles. The highest BCUT2D eigenvalue weighted by Gasteiger charge is 2.34. The SMILES string of the molecule is Cn1ncc(NCCCN)c1-c1ccccc1C(F)(F)F. The third-order valence-electron chi connectivity index (χ3n) is 3.12. The number of nitrogens with zero attached hydrogens (tertiary/aromatic N) is 2. The van der Waals surface area contributed by atoms with Crippen LogP contribution in [0.2, 0.25) is 0 Å². The number of aryl methyl sites for hydroxylation is 1. The Morgan fingerprint density at radius 2 is 2.00 bits per heavy atom. The Hall–Kier alpha value is -2.02. The standard InChI is InChI=1S/C14H17F3N4/c1-21-13(12(9-20-21)19-8-4-7-18)10-5-2-3-6-11(10)14(15,16)17/h2-3,5-6,9,19H,4,7-8,18H2,1H3. The smallest absolute Gasteiger partial charge is 0.382 e. The number of hydrogen-bond donors (Lipinski definition) is 2. The molecule has 3 N–H and O–H groups in total. The quantitative estimate of drug-likeness (QED) is 0.835. The zero-order valence-electron chi connectivity index (χ0n) is 11.6. The summed E-state index contributed by atoms with van der Waals surface area (Å²) in [5.74, 6) is 0. The first kappa shape index (κ1) is 15.4. The van der Waals surface area contributed by atoms with Crippen LogP contribution in [0.4, 0.5) is 18.9 Å². The summed E-state index contributed by atoms with van der Waals surface area (Å²) in [5, 5.41) is 7.13. The molecule has 2 aromatic rings. The molecule has 0 spiro atoms. The Morgan fingerprint density at radius 3 is 2.67 bits per heavy atom. The van der Waals surface area contributed by atoms with Crippen molar-refractivity contribution in [3.63, 3.8) is 0 Å². The average Bonchev–Trinajstić information content (AvgIpc) is 2.79. The van der Waals surface area contributed by atoms with Gasteiger partial charge in [-0.15, -0.1) is 0 Å². The fourth-order valence-corrected chi connectivity index (χ4v) is 2.15. The highest BCUT2D eigenvalue weighted by atomic mass is 19.4. The number of nitrogens with one attached hydrogen (secondary N) is 1. The van der Waals surface area contributed by atoms with Gasteiger partial charge in [0.2, 0.25) is 0 Å². The predicted octanol–water partition coefficient (Wildman–Crippen LogP) is 2.87. The second-order valence-corrected chi connectivity index (χ2v) is 4.64. The molecule has 0 amide bonds. The fraction of sp³-hybridized carbons (Fsp3) is 0.357. The van der Waals surface area contributed by atoms with Gasteiger partial charge in [0.05, 0.1) is 23.1 Å². The minimum absolute atomic E-state index is 0.111. The topological polar surface area (TPSA) is 55.9 Å². The van der Waals surface area contributed by atoms with Crippen LogP contribution < -0.4 is 11.1 Å². The highest BCUT2D eigenvalue weighted by molar-refractivity contribution is 5.77. The molecule has 0 saturated heterocycles. The molecule has 0 aliphatic heterocycles. The summed E-state index contributed by atoms with van der Waals surface area (Å²) in [4.78, 5) is 0. The number of alkyl halides is 3. The van der Waals surface area contributed by atoms with Gasteiger partial charge in [-0.25, -0.2) is 0 Å². The molecule has 0 bridgehead atoms. The van der Waals surface area contributed by atoms with Crippen molar-refractivity contribution in [1.82, 2.24) is 9.78 Å². The summed E-state index contributed by atoms with van der Waals surface area (Å²) in [7, 11) is 1.62. The largest absolute Gasteiger partial charge is 0.417 e. The van der Waals surface area contributed by atoms with Gasteiger partial charge in [0.1, 0.15) is 0 Å². The highest BCUT2D eigenvalue weighted by Crippen LogP contribution is 2.39. The van der Waals surface area contributed by atoms with Gasteiger partial charge in [0.15, 0.2) is 0 Å². The van der Waals surface area contributed by atoms with Crippen LogP contribution in [0.1, 0.15) is 12.0 Å². The molecular formula is C14H17F3N4. The van der Waals surface area contributed by atoms with Crippen molar-refractivity contribution in [3.8, 4) is 11.3 Å². The second-order valence-electron chi connectivity index (χ2n) is 4.64. The van der Waals surface area contributed by atoms with E-state index in [0.717, 1.165) is 12.5 Å². The van der Waals surface area contributed by atoms with Crippen molar-refractivity contribution < 1.29 is 13.2 Å². The molecule has 21 heavy (non-hydrogen) atoms. The molecule has 0 unspecified atom stereocenters. The Kier molecular flexibility index (Phi) is 4.52. The molecule has 1 heterocycles. The first-order valence-corrected chi connectivity index (χ1v) is 6.57. The summed E-state index contributed by atoms with van der Waals surface area (Å²) < 4.78 is 40.9. The number of benzene rings is 1. The third-order valence-corrected chi connectivity index (χ3v) is 3.12. The maximum atomic E-state index is 13.1. The first-order chi connectivity index (χ1) is 9.95. The van der Waals surface area contributed by atoms with Gasteiger partial charge in [-0.05, 0) is 19.0 Å². The summed E-state index contributed by atoms with van der Waals surface area (Å²) in [6, 6.07) is 5.49. The molecule has 7 heteroatoms. The maximum absolute atomic E-state index is 13.1. The van der Waals surface area contributed by atoms with Gasteiger partial charge in [-0.2, -0.15) is 18.3 Å². The summed E-state index contributed by atoms with van der Waals surface area (Å²) in [6.45, 7) is 1.10. The molecule has 0 atom stereocenters. The van der Waals surface area contributed by atoms with E-state index in [4.69, 9.17) is 5.73 Å². The Labute approximate surface area is 120 Å². The molecule has 4 nitrogen and oxygen atoms in total. The van der Waals surface area contributed by atoms with Crippen molar-refractivity contribution in [3.05, 3.63) is 36.0 Å². The summed E-state index contributed by atoms with van der Waals surface area (Å²) in [5.41, 5.74) is 5.85. The maximum Gasteiger partial charge on any atom is 0.417 e. The van der Waals surface area contributed by atoms with Gasteiger partial charge >= 0.3 is 6.18 Å². The average molecular weight is 298 g/mol. The molecule has 0 fully saturated rings. The molecule has 1 aromatic carbocycles. The van der Waals surface area contributed by atoms with Crippen LogP contribution in [0.25, 0.3) is 11.3 Å². The number of aromatic nitrogens is 2. The van der Waals surface area contributed by atoms with E-state index < -0.39 is 11.7 Å². The molecule has 0 aliphatic rings. The van der Waals surface area contributed by atoms with Gasteiger partial charge in [0, 0.05) is 19.2 Å². The van der Waals surface area contributed by atoms with Crippen molar-refractivity contribution in [2.75, 3.05) is 18.4 Å². The van der Waals surface area contributed by atoms with Crippen molar-refractivity contribution >= 4 is 5.69 Å². The monoisotopic (exact) mass is 298 g/mol. The van der Waals surface area contributed by atoms with E-state index in [1.54, 1.807) is 13.1 Å². The van der Waals surface area contributed by atoms with Gasteiger partial charge in [-0.3, -0.25) is 4.68 Å². The van der Waals surface area contributed by atoms with E-state index in [-0.39, 0.29) is 5.56 Å². The van der Waals surface area contributed by atoms with Crippen molar-refractivity contribution in [1.29, 1.82) is 0 Å². The van der Waals surface area contributed by atoms with Crippen LogP contribution in [-0.4, -0.2) is 22.9 Å². The second kappa shape index (κ2) is 6.17. The number of anilines is 1. The van der Waals surface area contributed by atoms with Gasteiger partial charge in [-0.1, -0.05) is 18.2 Å². The summed E-state index contributed by atoms with van der Waals surface area (Å²) >= 11 is 0. The van der Waals surface area contributed by atoms with Crippen LogP contribution in [0.3, 0.4) is 0 Å². The number of rotatable bonds is 5. The zero-order chi connectivity index (χ0) is 15.5. The molecule has 0 radical (unpaired) electrons. The van der Waals surface area contributed by atoms with Crippen LogP contribution in [0, 0.1) is 0 Å². The van der Waals surface area contributed by atoms with Crippen LogP contribution in [0.15, 0.2) is 30.5 Å². The lowest BCUT2D eigenvalue weighted by atomic mass is 10.0. The van der Waals surface area contributed by atoms with Crippen LogP contribution >= 0.6 is 0 Å². The van der Waals surface area contributed by atoms with E-state index in [9.17, 15) is 13.2 Å². The zero-order valence-corrected chi connectivity index (χ0v) is 11.6. The fourth-order valence-electron chi connectivity index (χ4n) is 2.15. The van der Waals surface area contributed by atoms with Crippen LogP contribution in [0.5, 0.6) is 0 Å². The minimum atomic E-state index is -4.41. The number of nitrogens with two attached hydrogens (primary N) is 1. The normalized spacial score (nSPS) is 11.7. The Bertz CT molecular complexity index is 605. The van der Waals surface area contributed by atoms with Gasteiger partial charge < -0.3 is 11.1 Å². The van der Waals surface area contributed by atoms with E-state index >= 15 is 0 Å². The lowest BCUT2D eigenvalue weighted by Crippen LogP contribution is -2.11. The van der Waals surface area contributed by atoms with E-state index in [1.807, 2.05) is 0 Å². The van der Waals surface area contributed by atoms with E-state index in [0.29, 0.717) is 24.5 Å². The number of hydrogen-bond acceptors (Lipinski definition) is 3. The molecular weight excluding hydrogens is 281 g/mol. The van der Waals surface area contributed by atoms with Crippen LogP contribution in [-0.2, 0) is 13.2 Å². The molecule has 114 valence electrons. The third kappa shape index (κ3) is 3.36. The lowest BCUT2D eigenvalue weighted by molar-refractivity contribution is -0.137. The molecule has 2 rings (SSSR count). The molecule has 0 aliphatic carbocycles. The van der Waals surface area contributed by atoms with Gasteiger partial charge in [0.25, 0.3) is 0 Å². The molecule has 0 saturated carbocycles. The minimum Gasteiger partial charge on any atom is -0.382 e. The Balaban J connectivity index is 2.45. The van der Waals surface area contributed by atoms with Crippen molar-refractivity contribution in [2.45, 2.75) is 12.6 Å². The first-order valence-electron chi connectivity index (χ1n) is 6.57. The van der Waals surface area contributed by atoms with E-state index in [2.05, 4.69) is 10.4 Å². The van der Waals surface area contributed by atoms with Crippen molar-refractivity contribution in [2.24, 2.45) is 12.8 Å². The predicted molar refractivity (Wildman–Crippen MR) is 75.8 cm³/mol. The lowest BCUT2D eigenvalue weighted by Gasteiger charge is -2.15. The number of halogens is 3. The summed E-state index contributed by atoms with van der Waals surface area (Å²) in [6.07, 6.45) is -2.15. The Morgan fingerprint density at radius 1 is 1.29 bits per heavy atom. The van der Waals surface area contributed by atoms with E-state index in [1.165, 1.54) is 23.0 Å².